The van der Waals surface area contributed by atoms with Crippen molar-refractivity contribution in [2.45, 2.75) is 37.6 Å². The molecule has 2 N–H and O–H groups in total. The first kappa shape index (κ1) is 18.0. The second-order valence-corrected chi connectivity index (χ2v) is 8.01. The lowest BCUT2D eigenvalue weighted by atomic mass is 10.2. The van der Waals surface area contributed by atoms with Crippen LogP contribution in [-0.2, 0) is 0 Å². The van der Waals surface area contributed by atoms with E-state index in [9.17, 15) is 4.79 Å². The lowest BCUT2D eigenvalue weighted by Crippen LogP contribution is -2.32. The Kier molecular flexibility index (Phi) is 4.15. The van der Waals surface area contributed by atoms with Crippen LogP contribution in [0.3, 0.4) is 0 Å². The second kappa shape index (κ2) is 7.15. The molecule has 2 fully saturated rings. The van der Waals surface area contributed by atoms with Gasteiger partial charge in [-0.3, -0.25) is 14.9 Å². The van der Waals surface area contributed by atoms with Crippen molar-refractivity contribution in [3.05, 3.63) is 60.2 Å². The molecule has 0 unspecified atom stereocenters. The van der Waals surface area contributed by atoms with Gasteiger partial charge in [0, 0.05) is 42.8 Å². The van der Waals surface area contributed by atoms with Crippen molar-refractivity contribution in [1.29, 1.82) is 0 Å². The summed E-state index contributed by atoms with van der Waals surface area (Å²) in [5, 5.41) is 15.5. The van der Waals surface area contributed by atoms with Gasteiger partial charge in [0.25, 0.3) is 5.91 Å². The molecule has 0 aromatic carbocycles. The molecular weight excluding hydrogens is 394 g/mol. The molecule has 4 aromatic heterocycles. The molecule has 1 aliphatic carbocycles. The number of likely N-dealkylation sites (tertiary alicyclic amines) is 1. The van der Waals surface area contributed by atoms with Crippen LogP contribution in [0.4, 0.5) is 11.6 Å². The van der Waals surface area contributed by atoms with Gasteiger partial charge in [0.15, 0.2) is 17.5 Å². The van der Waals surface area contributed by atoms with Gasteiger partial charge in [-0.2, -0.15) is 10.2 Å². The second-order valence-electron chi connectivity index (χ2n) is 8.01. The molecule has 0 bridgehead atoms. The highest BCUT2D eigenvalue weighted by Crippen LogP contribution is 2.40. The number of aromatic nitrogens is 7. The number of carbonyl (C=O) groups is 1. The van der Waals surface area contributed by atoms with Crippen molar-refractivity contribution >= 4 is 23.1 Å². The van der Waals surface area contributed by atoms with Crippen molar-refractivity contribution < 1.29 is 4.79 Å². The van der Waals surface area contributed by atoms with Gasteiger partial charge in [-0.25, -0.2) is 14.5 Å². The number of rotatable bonds is 5. The molecule has 10 nitrogen and oxygen atoms in total. The Balaban J connectivity index is 1.34. The summed E-state index contributed by atoms with van der Waals surface area (Å²) in [4.78, 5) is 27.8. The molecule has 1 amide bonds. The first-order valence-corrected chi connectivity index (χ1v) is 10.5. The summed E-state index contributed by atoms with van der Waals surface area (Å²) in [6, 6.07) is 5.70. The number of H-pyrrole nitrogens is 1. The number of hydrogen-bond donors (Lipinski definition) is 2. The number of carbonyl (C=O) groups excluding carboxylic acids is 1. The van der Waals surface area contributed by atoms with Gasteiger partial charge in [-0.15, -0.1) is 0 Å². The largest absolute Gasteiger partial charge is 0.327 e. The number of hydrogen-bond acceptors (Lipinski definition) is 7. The van der Waals surface area contributed by atoms with Crippen molar-refractivity contribution in [3.8, 4) is 0 Å². The number of anilines is 2. The van der Waals surface area contributed by atoms with E-state index in [0.717, 1.165) is 29.9 Å². The van der Waals surface area contributed by atoms with Crippen LogP contribution in [0.15, 0.2) is 43.0 Å². The molecule has 5 heterocycles. The number of fused-ring (bicyclic) bond motifs is 1. The minimum absolute atomic E-state index is 0.150. The summed E-state index contributed by atoms with van der Waals surface area (Å²) in [5.74, 6) is 2.44. The van der Waals surface area contributed by atoms with Crippen LogP contribution in [0.25, 0.3) is 5.52 Å². The molecule has 0 radical (unpaired) electrons. The first-order chi connectivity index (χ1) is 15.3. The molecule has 31 heavy (non-hydrogen) atoms. The van der Waals surface area contributed by atoms with Crippen LogP contribution >= 0.6 is 0 Å². The Morgan fingerprint density at radius 3 is 3.00 bits per heavy atom. The van der Waals surface area contributed by atoms with E-state index in [2.05, 4.69) is 25.5 Å². The third-order valence-electron chi connectivity index (χ3n) is 5.86. The number of amides is 1. The van der Waals surface area contributed by atoms with E-state index in [1.807, 2.05) is 24.4 Å². The summed E-state index contributed by atoms with van der Waals surface area (Å²) < 4.78 is 1.79. The van der Waals surface area contributed by atoms with Crippen LogP contribution in [0.5, 0.6) is 0 Å². The zero-order valence-corrected chi connectivity index (χ0v) is 16.8. The highest BCUT2D eigenvalue weighted by atomic mass is 16.2. The van der Waals surface area contributed by atoms with Crippen LogP contribution in [0.1, 0.15) is 59.6 Å². The van der Waals surface area contributed by atoms with Gasteiger partial charge in [-0.1, -0.05) is 0 Å². The van der Waals surface area contributed by atoms with Gasteiger partial charge in [0.1, 0.15) is 11.2 Å². The molecule has 10 heteroatoms. The van der Waals surface area contributed by atoms with Crippen LogP contribution in [0, 0.1) is 0 Å². The fourth-order valence-corrected chi connectivity index (χ4v) is 4.15. The van der Waals surface area contributed by atoms with Crippen molar-refractivity contribution in [3.63, 3.8) is 0 Å². The van der Waals surface area contributed by atoms with E-state index in [1.54, 1.807) is 15.6 Å². The van der Waals surface area contributed by atoms with E-state index < -0.39 is 0 Å². The molecule has 2 aliphatic rings. The topological polar surface area (TPSA) is 117 Å². The first-order valence-electron chi connectivity index (χ1n) is 10.5. The summed E-state index contributed by atoms with van der Waals surface area (Å²) in [7, 11) is 0. The molecule has 1 aliphatic heterocycles. The van der Waals surface area contributed by atoms with Gasteiger partial charge in [0.05, 0.1) is 12.2 Å². The van der Waals surface area contributed by atoms with E-state index >= 15 is 0 Å². The smallest absolute Gasteiger partial charge is 0.274 e. The van der Waals surface area contributed by atoms with E-state index in [0.29, 0.717) is 29.8 Å². The molecule has 1 saturated carbocycles. The molecule has 1 saturated heterocycles. The maximum atomic E-state index is 13.0. The minimum Gasteiger partial charge on any atom is -0.327 e. The Labute approximate surface area is 177 Å². The average Bonchev–Trinajstić information content (AvgIpc) is 3.20. The summed E-state index contributed by atoms with van der Waals surface area (Å²) in [6.45, 7) is 0.639. The third kappa shape index (κ3) is 3.29. The third-order valence-corrected chi connectivity index (χ3v) is 5.86. The van der Waals surface area contributed by atoms with Crippen LogP contribution in [0.2, 0.25) is 0 Å². The fraction of sp³-hybridized carbons (Fsp3) is 0.333. The normalized spacial score (nSPS) is 18.6. The zero-order valence-electron chi connectivity index (χ0n) is 16.8. The van der Waals surface area contributed by atoms with Gasteiger partial charge >= 0.3 is 0 Å². The molecule has 156 valence electrons. The lowest BCUT2D eigenvalue weighted by molar-refractivity contribution is 0.0722. The SMILES string of the molecule is O=C(c1cnccn1)N1CCC[C@@H]1c1nc(Nc2cc(C3CC3)[nH]n2)c2cccn2n1. The predicted octanol–water partition coefficient (Wildman–Crippen LogP) is 2.84. The number of aromatic amines is 1. The Morgan fingerprint density at radius 1 is 1.23 bits per heavy atom. The van der Waals surface area contributed by atoms with Gasteiger partial charge in [0.2, 0.25) is 0 Å². The fourth-order valence-electron chi connectivity index (χ4n) is 4.15. The minimum atomic E-state index is -0.219. The standard InChI is InChI=1S/C21H21N9O/c31-21(15-12-22-7-8-23-15)29-9-1-3-16(29)20-25-19(17-4-2-10-30(17)28-20)24-18-11-14(26-27-18)13-5-6-13/h2,4,7-8,10-13,16H,1,3,5-6,9H2,(H2,24,25,26,27,28)/t16-/m1/s1. The molecule has 6 rings (SSSR count). The monoisotopic (exact) mass is 415 g/mol. The quantitative estimate of drug-likeness (QED) is 0.515. The number of nitrogens with zero attached hydrogens (tertiary/aromatic N) is 7. The number of nitrogens with one attached hydrogen (secondary N) is 2. The average molecular weight is 415 g/mol. The summed E-state index contributed by atoms with van der Waals surface area (Å²) in [5.41, 5.74) is 2.34. The van der Waals surface area contributed by atoms with Gasteiger partial charge in [-0.05, 0) is 37.8 Å². The van der Waals surface area contributed by atoms with Gasteiger partial charge < -0.3 is 10.2 Å². The summed E-state index contributed by atoms with van der Waals surface area (Å²) >= 11 is 0. The lowest BCUT2D eigenvalue weighted by Gasteiger charge is -2.23. The Morgan fingerprint density at radius 2 is 2.16 bits per heavy atom. The van der Waals surface area contributed by atoms with Crippen LogP contribution < -0.4 is 5.32 Å². The van der Waals surface area contributed by atoms with Crippen molar-refractivity contribution in [1.82, 2.24) is 39.7 Å². The van der Waals surface area contributed by atoms with Crippen molar-refractivity contribution in [2.75, 3.05) is 11.9 Å². The molecule has 0 spiro atoms. The Hall–Kier alpha value is -3.82. The van der Waals surface area contributed by atoms with Crippen LogP contribution in [-0.4, -0.2) is 52.1 Å². The highest BCUT2D eigenvalue weighted by molar-refractivity contribution is 5.92. The highest BCUT2D eigenvalue weighted by Gasteiger charge is 2.34. The Bertz CT molecular complexity index is 1240. The van der Waals surface area contributed by atoms with E-state index in [1.165, 1.54) is 25.2 Å². The molecule has 4 aromatic rings. The maximum absolute atomic E-state index is 13.0. The van der Waals surface area contributed by atoms with E-state index in [-0.39, 0.29) is 11.9 Å². The van der Waals surface area contributed by atoms with E-state index in [4.69, 9.17) is 10.1 Å². The molecule has 1 atom stereocenters. The molecular formula is C21H21N9O. The summed E-state index contributed by atoms with van der Waals surface area (Å²) in [6.07, 6.45) is 10.6. The van der Waals surface area contributed by atoms with Crippen molar-refractivity contribution in [2.24, 2.45) is 0 Å². The maximum Gasteiger partial charge on any atom is 0.274 e. The zero-order chi connectivity index (χ0) is 20.8. The predicted molar refractivity (Wildman–Crippen MR) is 112 cm³/mol.